The van der Waals surface area contributed by atoms with E-state index >= 15 is 0 Å². The van der Waals surface area contributed by atoms with Gasteiger partial charge in [-0.15, -0.1) is 0 Å². The third kappa shape index (κ3) is 5.94. The number of carbonyl (C=O) groups excluding carboxylic acids is 1. The van der Waals surface area contributed by atoms with Gasteiger partial charge in [-0.25, -0.2) is 9.97 Å². The van der Waals surface area contributed by atoms with Gasteiger partial charge in [-0.2, -0.15) is 0 Å². The summed E-state index contributed by atoms with van der Waals surface area (Å²) in [4.78, 5) is 26.4. The Morgan fingerprint density at radius 3 is 2.32 bits per heavy atom. The lowest BCUT2D eigenvalue weighted by atomic mass is 10.0. The van der Waals surface area contributed by atoms with E-state index < -0.39 is 0 Å². The number of Topliss-reactive ketones (excluding diaryl/α,β-unsaturated/α-hetero) is 1. The van der Waals surface area contributed by atoms with Gasteiger partial charge in [0.25, 0.3) is 0 Å². The lowest BCUT2D eigenvalue weighted by Gasteiger charge is -2.38. The van der Waals surface area contributed by atoms with Crippen molar-refractivity contribution in [2.75, 3.05) is 31.1 Å². The van der Waals surface area contributed by atoms with Crippen LogP contribution in [0.5, 0.6) is 0 Å². The van der Waals surface area contributed by atoms with Crippen LogP contribution in [-0.4, -0.2) is 46.8 Å². The Labute approximate surface area is 225 Å². The van der Waals surface area contributed by atoms with Gasteiger partial charge in [0.1, 0.15) is 5.78 Å². The highest BCUT2D eigenvalue weighted by molar-refractivity contribution is 5.82. The quantitative estimate of drug-likeness (QED) is 0.237. The van der Waals surface area contributed by atoms with Gasteiger partial charge in [0.05, 0.1) is 22.4 Å². The number of fused-ring (bicyclic) bond motifs is 1. The second kappa shape index (κ2) is 11.6. The molecule has 0 N–H and O–H groups in total. The maximum absolute atomic E-state index is 11.4. The van der Waals surface area contributed by atoms with Crippen LogP contribution in [0, 0.1) is 6.92 Å². The number of aryl methyl sites for hydroxylation is 2. The number of anilines is 1. The summed E-state index contributed by atoms with van der Waals surface area (Å²) >= 11 is 0. The normalized spacial score (nSPS) is 13.6. The summed E-state index contributed by atoms with van der Waals surface area (Å²) in [5, 5.41) is 0. The van der Waals surface area contributed by atoms with Crippen LogP contribution in [0.2, 0.25) is 0 Å². The molecule has 5 rings (SSSR count). The molecule has 4 aromatic rings. The Balaban J connectivity index is 1.35. The van der Waals surface area contributed by atoms with Gasteiger partial charge in [-0.3, -0.25) is 0 Å². The molecule has 0 atom stereocenters. The Morgan fingerprint density at radius 1 is 0.868 bits per heavy atom. The third-order valence-corrected chi connectivity index (χ3v) is 7.37. The number of unbranched alkanes of at least 4 members (excludes halogenated alkanes) is 1. The van der Waals surface area contributed by atoms with Gasteiger partial charge in [-0.1, -0.05) is 60.7 Å². The van der Waals surface area contributed by atoms with Gasteiger partial charge in [0.15, 0.2) is 0 Å². The molecule has 194 valence electrons. The van der Waals surface area contributed by atoms with Crippen LogP contribution in [-0.2, 0) is 11.2 Å². The van der Waals surface area contributed by atoms with Crippen LogP contribution in [0.1, 0.15) is 43.0 Å². The Kier molecular flexibility index (Phi) is 7.83. The van der Waals surface area contributed by atoms with E-state index in [-0.39, 0.29) is 5.78 Å². The molecule has 1 fully saturated rings. The van der Waals surface area contributed by atoms with Crippen LogP contribution in [0.4, 0.5) is 5.69 Å². The summed E-state index contributed by atoms with van der Waals surface area (Å²) in [6.45, 7) is 12.1. The van der Waals surface area contributed by atoms with Gasteiger partial charge >= 0.3 is 0 Å². The molecule has 0 amide bonds. The summed E-state index contributed by atoms with van der Waals surface area (Å²) in [5.74, 6) is 0.237. The molecule has 0 bridgehead atoms. The summed E-state index contributed by atoms with van der Waals surface area (Å²) < 4.78 is 0. The van der Waals surface area contributed by atoms with Gasteiger partial charge in [0, 0.05) is 49.5 Å². The number of nitrogens with zero attached hydrogens (tertiary/aromatic N) is 4. The van der Waals surface area contributed by atoms with Gasteiger partial charge in [-0.05, 0) is 62.9 Å². The second-order valence-corrected chi connectivity index (χ2v) is 10.3. The zero-order valence-electron chi connectivity index (χ0n) is 22.5. The number of hydrogen-bond acceptors (Lipinski definition) is 5. The summed E-state index contributed by atoms with van der Waals surface area (Å²) in [6.07, 6.45) is 3.20. The van der Waals surface area contributed by atoms with Crippen LogP contribution in [0.25, 0.3) is 28.0 Å². The number of hydrogen-bond donors (Lipinski definition) is 0. The van der Waals surface area contributed by atoms with E-state index in [9.17, 15) is 4.79 Å². The highest BCUT2D eigenvalue weighted by atomic mass is 16.1. The van der Waals surface area contributed by atoms with E-state index in [1.54, 1.807) is 6.92 Å². The van der Waals surface area contributed by atoms with Crippen LogP contribution in [0.3, 0.4) is 0 Å². The molecule has 1 aliphatic rings. The molecule has 38 heavy (non-hydrogen) atoms. The number of ketones is 1. The molecule has 0 saturated carbocycles. The fourth-order valence-electron chi connectivity index (χ4n) is 5.11. The maximum atomic E-state index is 11.4. The third-order valence-electron chi connectivity index (χ3n) is 7.37. The van der Waals surface area contributed by atoms with Crippen LogP contribution < -0.4 is 4.90 Å². The molecule has 3 aromatic carbocycles. The van der Waals surface area contributed by atoms with Crippen molar-refractivity contribution in [3.05, 3.63) is 96.2 Å². The predicted octanol–water partition coefficient (Wildman–Crippen LogP) is 6.70. The zero-order chi connectivity index (χ0) is 26.5. The molecule has 1 aliphatic heterocycles. The molecule has 0 unspecified atom stereocenters. The van der Waals surface area contributed by atoms with Crippen LogP contribution in [0.15, 0.2) is 79.4 Å². The summed E-state index contributed by atoms with van der Waals surface area (Å²) in [7, 11) is 0. The Hall–Kier alpha value is -3.99. The smallest absolute Gasteiger partial charge is 0.129 e. The number of rotatable bonds is 9. The van der Waals surface area contributed by atoms with E-state index in [1.165, 1.54) is 11.3 Å². The SMILES string of the molecule is C=C(c1ccc2nc(-c3ccccc3)c(CCCCC(C)=O)nc2c1)N1CCN(c2ccc(C)cc2)CC1. The lowest BCUT2D eigenvalue weighted by Crippen LogP contribution is -2.45. The largest absolute Gasteiger partial charge is 0.368 e. The van der Waals surface area contributed by atoms with Gasteiger partial charge < -0.3 is 14.6 Å². The number of aromatic nitrogens is 2. The van der Waals surface area contributed by atoms with E-state index in [1.807, 2.05) is 18.2 Å². The lowest BCUT2D eigenvalue weighted by molar-refractivity contribution is -0.117. The summed E-state index contributed by atoms with van der Waals surface area (Å²) in [5.41, 5.74) is 9.46. The average Bonchev–Trinajstić information content (AvgIpc) is 2.95. The van der Waals surface area contributed by atoms with E-state index in [2.05, 4.69) is 77.9 Å². The highest BCUT2D eigenvalue weighted by Gasteiger charge is 2.20. The predicted molar refractivity (Wildman–Crippen MR) is 157 cm³/mol. The fraction of sp³-hybridized carbons (Fsp3) is 0.303. The number of benzene rings is 3. The Morgan fingerprint density at radius 2 is 1.61 bits per heavy atom. The van der Waals surface area contributed by atoms with Crippen molar-refractivity contribution < 1.29 is 4.79 Å². The first-order valence-electron chi connectivity index (χ1n) is 13.6. The van der Waals surface area contributed by atoms with Crippen LogP contribution >= 0.6 is 0 Å². The maximum Gasteiger partial charge on any atom is 0.129 e. The number of piperazine rings is 1. The molecular formula is C33H36N4O. The van der Waals surface area contributed by atoms with Crippen molar-refractivity contribution in [1.82, 2.24) is 14.9 Å². The molecule has 0 radical (unpaired) electrons. The molecule has 5 heteroatoms. The fourth-order valence-corrected chi connectivity index (χ4v) is 5.11. The zero-order valence-corrected chi connectivity index (χ0v) is 22.5. The monoisotopic (exact) mass is 504 g/mol. The first kappa shape index (κ1) is 25.7. The van der Waals surface area contributed by atoms with Crippen molar-refractivity contribution in [3.8, 4) is 11.3 Å². The molecule has 1 aromatic heterocycles. The van der Waals surface area contributed by atoms with E-state index in [0.29, 0.717) is 6.42 Å². The minimum absolute atomic E-state index is 0.237. The highest BCUT2D eigenvalue weighted by Crippen LogP contribution is 2.28. The minimum Gasteiger partial charge on any atom is -0.368 e. The van der Waals surface area contributed by atoms with Crippen molar-refractivity contribution >= 4 is 28.2 Å². The topological polar surface area (TPSA) is 49.3 Å². The average molecular weight is 505 g/mol. The van der Waals surface area contributed by atoms with Crippen molar-refractivity contribution in [3.63, 3.8) is 0 Å². The standard InChI is InChI=1S/C33H36N4O/c1-24-13-16-29(17-14-24)37-21-19-36(20-22-37)26(3)28-15-18-30-32(23-28)34-31(12-8-7-9-25(2)38)33(35-30)27-10-5-4-6-11-27/h4-6,10-11,13-18,23H,3,7-9,12,19-22H2,1-2H3. The molecule has 0 aliphatic carbocycles. The first-order valence-corrected chi connectivity index (χ1v) is 13.6. The first-order chi connectivity index (χ1) is 18.5. The Bertz CT molecular complexity index is 1420. The second-order valence-electron chi connectivity index (χ2n) is 10.3. The van der Waals surface area contributed by atoms with Gasteiger partial charge in [0.2, 0.25) is 0 Å². The minimum atomic E-state index is 0.237. The van der Waals surface area contributed by atoms with Crippen molar-refractivity contribution in [1.29, 1.82) is 0 Å². The number of carbonyl (C=O) groups is 1. The van der Waals surface area contributed by atoms with E-state index in [0.717, 1.165) is 84.7 Å². The molecular weight excluding hydrogens is 468 g/mol. The summed E-state index contributed by atoms with van der Waals surface area (Å²) in [6, 6.07) is 25.3. The molecule has 1 saturated heterocycles. The van der Waals surface area contributed by atoms with E-state index in [4.69, 9.17) is 9.97 Å². The van der Waals surface area contributed by atoms with Crippen molar-refractivity contribution in [2.24, 2.45) is 0 Å². The molecule has 0 spiro atoms. The molecule has 2 heterocycles. The van der Waals surface area contributed by atoms with Crippen molar-refractivity contribution in [2.45, 2.75) is 39.5 Å². The molecule has 5 nitrogen and oxygen atoms in total.